The van der Waals surface area contributed by atoms with E-state index in [0.717, 1.165) is 15.8 Å². The number of hydrogen-bond acceptors (Lipinski definition) is 5. The molecule has 0 aromatic carbocycles. The Balaban J connectivity index is 2.18. The fraction of sp³-hybridized carbons (Fsp3) is 0.455. The molecule has 0 fully saturated rings. The number of thiol groups is 1. The van der Waals surface area contributed by atoms with Gasteiger partial charge in [-0.25, -0.2) is 4.98 Å². The molecule has 17 heavy (non-hydrogen) atoms. The zero-order valence-corrected chi connectivity index (χ0v) is 11.3. The Morgan fingerprint density at radius 1 is 1.53 bits per heavy atom. The van der Waals surface area contributed by atoms with Crippen LogP contribution >= 0.6 is 24.0 Å². The highest BCUT2D eigenvalue weighted by atomic mass is 32.1. The lowest BCUT2D eigenvalue weighted by Gasteiger charge is -2.05. The fourth-order valence-corrected chi connectivity index (χ4v) is 2.63. The van der Waals surface area contributed by atoms with E-state index in [0.29, 0.717) is 25.5 Å². The summed E-state index contributed by atoms with van der Waals surface area (Å²) in [6.45, 7) is 3.61. The van der Waals surface area contributed by atoms with Gasteiger partial charge in [-0.15, -0.1) is 11.3 Å². The molecule has 92 valence electrons. The van der Waals surface area contributed by atoms with Gasteiger partial charge in [0.05, 0.1) is 31.6 Å². The summed E-state index contributed by atoms with van der Waals surface area (Å²) in [5.41, 5.74) is 1.88. The van der Waals surface area contributed by atoms with Crippen LogP contribution in [0.25, 0.3) is 10.2 Å². The minimum absolute atomic E-state index is 0.0163. The molecule has 0 radical (unpaired) electrons. The number of aromatic nitrogens is 2. The summed E-state index contributed by atoms with van der Waals surface area (Å²) in [4.78, 5) is 16.4. The van der Waals surface area contributed by atoms with Gasteiger partial charge in [0.1, 0.15) is 4.70 Å². The largest absolute Gasteiger partial charge is 0.379 e. The van der Waals surface area contributed by atoms with Crippen molar-refractivity contribution >= 4 is 34.2 Å². The van der Waals surface area contributed by atoms with Crippen molar-refractivity contribution in [3.05, 3.63) is 27.6 Å². The molecular weight excluding hydrogens is 256 g/mol. The molecule has 0 saturated heterocycles. The van der Waals surface area contributed by atoms with Gasteiger partial charge in [0.15, 0.2) is 0 Å². The van der Waals surface area contributed by atoms with E-state index >= 15 is 0 Å². The minimum atomic E-state index is 0.0163. The van der Waals surface area contributed by atoms with Gasteiger partial charge in [-0.2, -0.15) is 12.6 Å². The van der Waals surface area contributed by atoms with Crippen molar-refractivity contribution < 1.29 is 4.74 Å². The third-order valence-electron chi connectivity index (χ3n) is 2.44. The second kappa shape index (κ2) is 5.66. The Bertz CT molecular complexity index is 562. The van der Waals surface area contributed by atoms with Crippen molar-refractivity contribution in [2.24, 2.45) is 0 Å². The number of aryl methyl sites for hydroxylation is 1. The molecule has 0 spiro atoms. The van der Waals surface area contributed by atoms with E-state index in [9.17, 15) is 4.79 Å². The molecular formula is C11H14N2O2S2. The second-order valence-corrected chi connectivity index (χ2v) is 5.00. The van der Waals surface area contributed by atoms with E-state index in [2.05, 4.69) is 17.6 Å². The highest BCUT2D eigenvalue weighted by Crippen LogP contribution is 2.19. The summed E-state index contributed by atoms with van der Waals surface area (Å²) < 4.78 is 7.61. The smallest absolute Gasteiger partial charge is 0.271 e. The summed E-state index contributed by atoms with van der Waals surface area (Å²) in [6, 6.07) is 0. The molecule has 2 heterocycles. The van der Waals surface area contributed by atoms with Gasteiger partial charge >= 0.3 is 0 Å². The molecule has 4 nitrogen and oxygen atoms in total. The maximum atomic E-state index is 12.1. The van der Waals surface area contributed by atoms with Crippen molar-refractivity contribution in [2.75, 3.05) is 19.0 Å². The van der Waals surface area contributed by atoms with Gasteiger partial charge < -0.3 is 4.74 Å². The summed E-state index contributed by atoms with van der Waals surface area (Å²) in [7, 11) is 0. The molecule has 2 aromatic rings. The van der Waals surface area contributed by atoms with Crippen molar-refractivity contribution in [1.29, 1.82) is 0 Å². The first-order chi connectivity index (χ1) is 8.24. The predicted molar refractivity (Wildman–Crippen MR) is 73.3 cm³/mol. The normalized spacial score (nSPS) is 11.2. The predicted octanol–water partition coefficient (Wildman–Crippen LogP) is 1.71. The van der Waals surface area contributed by atoms with Crippen molar-refractivity contribution in [2.45, 2.75) is 13.5 Å². The van der Waals surface area contributed by atoms with E-state index in [4.69, 9.17) is 4.74 Å². The molecule has 2 aromatic heterocycles. The molecule has 0 unspecified atom stereocenters. The van der Waals surface area contributed by atoms with Crippen LogP contribution in [0.1, 0.15) is 5.56 Å². The van der Waals surface area contributed by atoms with Gasteiger partial charge in [-0.05, 0) is 17.9 Å². The topological polar surface area (TPSA) is 44.1 Å². The number of nitrogens with zero attached hydrogens (tertiary/aromatic N) is 2. The standard InChI is InChI=1S/C11H14N2O2S2/c1-8-6-17-10-9(8)12-7-13(11(10)14)2-3-15-4-5-16/h6-7,16H,2-5H2,1H3. The summed E-state index contributed by atoms with van der Waals surface area (Å²) in [6.07, 6.45) is 1.59. The van der Waals surface area contributed by atoms with Crippen LogP contribution < -0.4 is 5.56 Å². The first kappa shape index (κ1) is 12.6. The van der Waals surface area contributed by atoms with Crippen LogP contribution in [0.2, 0.25) is 0 Å². The second-order valence-electron chi connectivity index (χ2n) is 3.68. The molecule has 0 aliphatic carbocycles. The number of hydrogen-bond donors (Lipinski definition) is 1. The fourth-order valence-electron chi connectivity index (χ4n) is 1.55. The third kappa shape index (κ3) is 2.70. The van der Waals surface area contributed by atoms with Gasteiger partial charge in [-0.3, -0.25) is 9.36 Å². The molecule has 0 saturated carbocycles. The molecule has 0 bridgehead atoms. The number of fused-ring (bicyclic) bond motifs is 1. The number of thiophene rings is 1. The van der Waals surface area contributed by atoms with Crippen LogP contribution in [-0.2, 0) is 11.3 Å². The van der Waals surface area contributed by atoms with Crippen LogP contribution in [0.3, 0.4) is 0 Å². The van der Waals surface area contributed by atoms with E-state index in [1.54, 1.807) is 10.9 Å². The van der Waals surface area contributed by atoms with E-state index < -0.39 is 0 Å². The zero-order valence-electron chi connectivity index (χ0n) is 9.55. The third-order valence-corrected chi connectivity index (χ3v) is 3.69. The Morgan fingerprint density at radius 3 is 3.12 bits per heavy atom. The SMILES string of the molecule is Cc1csc2c(=O)n(CCOCCS)cnc12. The van der Waals surface area contributed by atoms with Crippen LogP contribution in [0.5, 0.6) is 0 Å². The van der Waals surface area contributed by atoms with Crippen molar-refractivity contribution in [1.82, 2.24) is 9.55 Å². The maximum Gasteiger partial charge on any atom is 0.271 e. The molecule has 0 amide bonds. The first-order valence-corrected chi connectivity index (χ1v) is 6.87. The Labute approximate surface area is 109 Å². The minimum Gasteiger partial charge on any atom is -0.379 e. The Morgan fingerprint density at radius 2 is 2.35 bits per heavy atom. The highest BCUT2D eigenvalue weighted by molar-refractivity contribution is 7.80. The lowest BCUT2D eigenvalue weighted by atomic mass is 10.3. The number of rotatable bonds is 5. The molecule has 0 aliphatic heterocycles. The van der Waals surface area contributed by atoms with Crippen molar-refractivity contribution in [3.63, 3.8) is 0 Å². The monoisotopic (exact) mass is 270 g/mol. The van der Waals surface area contributed by atoms with Gasteiger partial charge in [0.2, 0.25) is 0 Å². The first-order valence-electron chi connectivity index (χ1n) is 5.36. The molecule has 0 N–H and O–H groups in total. The van der Waals surface area contributed by atoms with Crippen LogP contribution in [0.15, 0.2) is 16.5 Å². The van der Waals surface area contributed by atoms with Crippen LogP contribution in [0, 0.1) is 6.92 Å². The lowest BCUT2D eigenvalue weighted by Crippen LogP contribution is -2.22. The average Bonchev–Trinajstić information content (AvgIpc) is 2.70. The molecule has 6 heteroatoms. The van der Waals surface area contributed by atoms with Gasteiger partial charge in [0.25, 0.3) is 5.56 Å². The summed E-state index contributed by atoms with van der Waals surface area (Å²) in [5, 5.41) is 1.96. The Kier molecular flexibility index (Phi) is 4.20. The quantitative estimate of drug-likeness (QED) is 0.664. The van der Waals surface area contributed by atoms with E-state index in [1.807, 2.05) is 12.3 Å². The van der Waals surface area contributed by atoms with E-state index in [1.165, 1.54) is 11.3 Å². The van der Waals surface area contributed by atoms with Crippen molar-refractivity contribution in [3.8, 4) is 0 Å². The summed E-state index contributed by atoms with van der Waals surface area (Å²) in [5.74, 6) is 0.691. The highest BCUT2D eigenvalue weighted by Gasteiger charge is 2.07. The zero-order chi connectivity index (χ0) is 12.3. The molecule has 2 rings (SSSR count). The Hall–Kier alpha value is -0.850. The van der Waals surface area contributed by atoms with E-state index in [-0.39, 0.29) is 5.56 Å². The van der Waals surface area contributed by atoms with Gasteiger partial charge in [-0.1, -0.05) is 0 Å². The van der Waals surface area contributed by atoms with Crippen LogP contribution in [-0.4, -0.2) is 28.5 Å². The maximum absolute atomic E-state index is 12.1. The number of ether oxygens (including phenoxy) is 1. The van der Waals surface area contributed by atoms with Crippen LogP contribution in [0.4, 0.5) is 0 Å². The summed E-state index contributed by atoms with van der Waals surface area (Å²) >= 11 is 5.50. The molecule has 0 atom stereocenters. The average molecular weight is 270 g/mol. The lowest BCUT2D eigenvalue weighted by molar-refractivity contribution is 0.140. The van der Waals surface area contributed by atoms with Gasteiger partial charge in [0, 0.05) is 5.75 Å². The molecule has 0 aliphatic rings.